The van der Waals surface area contributed by atoms with E-state index in [2.05, 4.69) is 10.6 Å². The highest BCUT2D eigenvalue weighted by Crippen LogP contribution is 2.35. The molecule has 3 heterocycles. The number of amides is 2. The topological polar surface area (TPSA) is 111 Å². The van der Waals surface area contributed by atoms with Gasteiger partial charge < -0.3 is 20.1 Å². The largest absolute Gasteiger partial charge is 0.461 e. The highest BCUT2D eigenvalue weighted by Gasteiger charge is 2.67. The van der Waals surface area contributed by atoms with Crippen LogP contribution in [-0.4, -0.2) is 47.0 Å². The summed E-state index contributed by atoms with van der Waals surface area (Å²) in [5.74, 6) is -3.13. The van der Waals surface area contributed by atoms with Crippen LogP contribution in [0.2, 0.25) is 0 Å². The molecule has 0 aliphatic carbocycles. The first-order valence-corrected chi connectivity index (χ1v) is 7.21. The van der Waals surface area contributed by atoms with E-state index in [0.29, 0.717) is 0 Å². The molecule has 3 saturated heterocycles. The maximum Gasteiger partial charge on any atom is 0.342 e. The second-order valence-corrected chi connectivity index (χ2v) is 6.13. The van der Waals surface area contributed by atoms with Gasteiger partial charge in [0.05, 0.1) is 12.2 Å². The lowest BCUT2D eigenvalue weighted by Crippen LogP contribution is -2.83. The molecule has 0 aromatic carbocycles. The first kappa shape index (κ1) is 16.3. The van der Waals surface area contributed by atoms with Gasteiger partial charge in [-0.3, -0.25) is 9.59 Å². The van der Waals surface area contributed by atoms with Gasteiger partial charge in [-0.05, 0) is 40.5 Å². The van der Waals surface area contributed by atoms with Gasteiger partial charge in [0.1, 0.15) is 0 Å². The molecule has 8 heteroatoms. The van der Waals surface area contributed by atoms with Crippen LogP contribution in [0.15, 0.2) is 0 Å². The van der Waals surface area contributed by atoms with Crippen LogP contribution >= 0.6 is 0 Å². The Hall–Kier alpha value is -2.12. The van der Waals surface area contributed by atoms with Gasteiger partial charge in [-0.1, -0.05) is 0 Å². The summed E-state index contributed by atoms with van der Waals surface area (Å²) in [6.45, 7) is 6.57. The molecule has 3 rings (SSSR count). The zero-order chi connectivity index (χ0) is 16.7. The molecule has 2 bridgehead atoms. The monoisotopic (exact) mass is 312 g/mol. The van der Waals surface area contributed by atoms with Crippen molar-refractivity contribution < 1.29 is 28.7 Å². The lowest BCUT2D eigenvalue weighted by Gasteiger charge is -2.48. The lowest BCUT2D eigenvalue weighted by molar-refractivity contribution is -0.180. The van der Waals surface area contributed by atoms with Crippen molar-refractivity contribution in [3.8, 4) is 0 Å². The number of carbonyl (C=O) groups excluding carboxylic acids is 4. The summed E-state index contributed by atoms with van der Waals surface area (Å²) in [4.78, 5) is 49.0. The van der Waals surface area contributed by atoms with Gasteiger partial charge in [-0.15, -0.1) is 0 Å². The van der Waals surface area contributed by atoms with Crippen LogP contribution in [0.1, 0.15) is 40.5 Å². The SMILES string of the molecule is CC(C)OC(=O)[C@]12CC[C@](C(=O)OC(C)C)(NC1=O)C(=O)N2. The number of rotatable bonds is 4. The van der Waals surface area contributed by atoms with Crippen molar-refractivity contribution in [2.24, 2.45) is 0 Å². The quantitative estimate of drug-likeness (QED) is 0.530. The number of carbonyl (C=O) groups is 4. The Morgan fingerprint density at radius 3 is 1.41 bits per heavy atom. The fourth-order valence-electron chi connectivity index (χ4n) is 2.56. The van der Waals surface area contributed by atoms with E-state index in [0.717, 1.165) is 0 Å². The highest BCUT2D eigenvalue weighted by molar-refractivity contribution is 6.22. The van der Waals surface area contributed by atoms with Crippen LogP contribution in [-0.2, 0) is 28.7 Å². The average molecular weight is 312 g/mol. The first-order valence-electron chi connectivity index (χ1n) is 7.21. The third kappa shape index (κ3) is 2.32. The van der Waals surface area contributed by atoms with E-state index < -0.39 is 47.0 Å². The second-order valence-electron chi connectivity index (χ2n) is 6.13. The summed E-state index contributed by atoms with van der Waals surface area (Å²) in [5.41, 5.74) is -3.53. The van der Waals surface area contributed by atoms with Crippen LogP contribution in [0.5, 0.6) is 0 Å². The minimum absolute atomic E-state index is 0.0106. The van der Waals surface area contributed by atoms with Crippen LogP contribution in [0, 0.1) is 0 Å². The van der Waals surface area contributed by atoms with Gasteiger partial charge in [0, 0.05) is 0 Å². The van der Waals surface area contributed by atoms with Gasteiger partial charge in [0.15, 0.2) is 0 Å². The number of hydrogen-bond donors (Lipinski definition) is 2. The summed E-state index contributed by atoms with van der Waals surface area (Å²) < 4.78 is 10.1. The van der Waals surface area contributed by atoms with Crippen LogP contribution in [0.25, 0.3) is 0 Å². The second kappa shape index (κ2) is 5.26. The summed E-state index contributed by atoms with van der Waals surface area (Å²) >= 11 is 0. The molecule has 0 aromatic rings. The zero-order valence-corrected chi connectivity index (χ0v) is 13.0. The molecule has 3 fully saturated rings. The molecular weight excluding hydrogens is 292 g/mol. The number of fused-ring (bicyclic) bond motifs is 3. The number of nitrogens with one attached hydrogen (secondary N) is 2. The van der Waals surface area contributed by atoms with Gasteiger partial charge in [-0.2, -0.15) is 0 Å². The third-order valence-electron chi connectivity index (χ3n) is 3.69. The standard InChI is InChI=1S/C14H20N2O6/c1-7(2)21-11(19)13-5-6-14(10(18)15-13,16-9(13)17)12(20)22-8(3)4/h7-8H,5-6H2,1-4H3,(H,15,18)(H,16,17)/t13-,14-/m0/s1. The number of piperazine rings is 1. The summed E-state index contributed by atoms with van der Waals surface area (Å²) in [7, 11) is 0. The molecule has 2 amide bonds. The van der Waals surface area contributed by atoms with Crippen molar-refractivity contribution >= 4 is 23.8 Å². The molecule has 3 aliphatic rings. The van der Waals surface area contributed by atoms with Crippen molar-refractivity contribution in [1.29, 1.82) is 0 Å². The summed E-state index contributed by atoms with van der Waals surface area (Å²) in [6, 6.07) is 0. The van der Waals surface area contributed by atoms with Crippen molar-refractivity contribution in [3.63, 3.8) is 0 Å². The van der Waals surface area contributed by atoms with E-state index in [1.807, 2.05) is 0 Å². The molecule has 0 aromatic heterocycles. The Balaban J connectivity index is 2.27. The molecule has 2 N–H and O–H groups in total. The molecule has 2 atom stereocenters. The number of piperidine rings is 2. The number of hydrogen-bond acceptors (Lipinski definition) is 6. The molecule has 0 radical (unpaired) electrons. The third-order valence-corrected chi connectivity index (χ3v) is 3.69. The van der Waals surface area contributed by atoms with Crippen molar-refractivity contribution in [1.82, 2.24) is 10.6 Å². The van der Waals surface area contributed by atoms with Crippen molar-refractivity contribution in [2.75, 3.05) is 0 Å². The lowest BCUT2D eigenvalue weighted by atomic mass is 9.73. The van der Waals surface area contributed by atoms with E-state index in [1.165, 1.54) is 0 Å². The summed E-state index contributed by atoms with van der Waals surface area (Å²) in [6.07, 6.45) is -0.871. The first-order chi connectivity index (χ1) is 10.1. The van der Waals surface area contributed by atoms with Crippen molar-refractivity contribution in [2.45, 2.75) is 63.8 Å². The van der Waals surface area contributed by atoms with Gasteiger partial charge in [-0.25, -0.2) is 9.59 Å². The molecule has 122 valence electrons. The Morgan fingerprint density at radius 2 is 1.18 bits per heavy atom. The van der Waals surface area contributed by atoms with E-state index >= 15 is 0 Å². The zero-order valence-electron chi connectivity index (χ0n) is 13.0. The highest BCUT2D eigenvalue weighted by atomic mass is 16.6. The van der Waals surface area contributed by atoms with Gasteiger partial charge in [0.2, 0.25) is 11.1 Å². The number of ether oxygens (including phenoxy) is 2. The molecule has 0 saturated carbocycles. The molecule has 0 unspecified atom stereocenters. The number of esters is 2. The average Bonchev–Trinajstić information content (AvgIpc) is 2.38. The normalized spacial score (nSPS) is 30.1. The Morgan fingerprint density at radius 1 is 0.864 bits per heavy atom. The Labute approximate surface area is 127 Å². The molecule has 0 spiro atoms. The van der Waals surface area contributed by atoms with Crippen LogP contribution in [0.3, 0.4) is 0 Å². The Bertz CT molecular complexity index is 495. The van der Waals surface area contributed by atoms with Gasteiger partial charge in [0.25, 0.3) is 11.8 Å². The van der Waals surface area contributed by atoms with Crippen molar-refractivity contribution in [3.05, 3.63) is 0 Å². The smallest absolute Gasteiger partial charge is 0.342 e. The molecular formula is C14H20N2O6. The van der Waals surface area contributed by atoms with E-state index in [4.69, 9.17) is 9.47 Å². The minimum Gasteiger partial charge on any atom is -0.461 e. The fraction of sp³-hybridized carbons (Fsp3) is 0.714. The van der Waals surface area contributed by atoms with E-state index in [1.54, 1.807) is 27.7 Å². The fourth-order valence-corrected chi connectivity index (χ4v) is 2.56. The molecule has 22 heavy (non-hydrogen) atoms. The van der Waals surface area contributed by atoms with E-state index in [-0.39, 0.29) is 12.8 Å². The summed E-state index contributed by atoms with van der Waals surface area (Å²) in [5, 5.41) is 4.71. The van der Waals surface area contributed by atoms with E-state index in [9.17, 15) is 19.2 Å². The predicted octanol–water partition coefficient (Wildman–Crippen LogP) is -0.593. The predicted molar refractivity (Wildman–Crippen MR) is 73.4 cm³/mol. The minimum atomic E-state index is -1.76. The van der Waals surface area contributed by atoms with Crippen LogP contribution < -0.4 is 10.6 Å². The molecule has 8 nitrogen and oxygen atoms in total. The maximum atomic E-state index is 12.3. The maximum absolute atomic E-state index is 12.3. The van der Waals surface area contributed by atoms with Gasteiger partial charge >= 0.3 is 11.9 Å². The van der Waals surface area contributed by atoms with Crippen LogP contribution in [0.4, 0.5) is 0 Å². The Kier molecular flexibility index (Phi) is 3.88. The molecule has 3 aliphatic heterocycles.